The summed E-state index contributed by atoms with van der Waals surface area (Å²) in [4.78, 5) is 17.5. The molecule has 1 amide bonds. The van der Waals surface area contributed by atoms with Crippen LogP contribution in [0.3, 0.4) is 0 Å². The molecule has 27 heavy (non-hydrogen) atoms. The zero-order valence-corrected chi connectivity index (χ0v) is 16.5. The van der Waals surface area contributed by atoms with Gasteiger partial charge in [-0.3, -0.25) is 4.79 Å². The normalized spacial score (nSPS) is 14.6. The van der Waals surface area contributed by atoms with Crippen LogP contribution < -0.4 is 4.90 Å². The first kappa shape index (κ1) is 17.7. The Morgan fingerprint density at radius 1 is 1.00 bits per heavy atom. The molecule has 1 saturated heterocycles. The number of anilines is 1. The highest BCUT2D eigenvalue weighted by Gasteiger charge is 2.27. The lowest BCUT2D eigenvalue weighted by Crippen LogP contribution is -2.49. The van der Waals surface area contributed by atoms with E-state index in [0.29, 0.717) is 23.7 Å². The molecular weight excluding hydrogens is 360 g/mol. The number of carbonyl (C=O) groups is 1. The summed E-state index contributed by atoms with van der Waals surface area (Å²) in [7, 11) is 0. The van der Waals surface area contributed by atoms with E-state index in [1.165, 1.54) is 17.2 Å². The van der Waals surface area contributed by atoms with E-state index in [2.05, 4.69) is 33.5 Å². The highest BCUT2D eigenvalue weighted by molar-refractivity contribution is 7.07. The molecule has 0 spiro atoms. The first-order valence-electron chi connectivity index (χ1n) is 9.01. The van der Waals surface area contributed by atoms with Gasteiger partial charge in [0, 0.05) is 26.2 Å². The van der Waals surface area contributed by atoms with Gasteiger partial charge in [0.25, 0.3) is 5.91 Å². The number of hydrogen-bond donors (Lipinski definition) is 0. The summed E-state index contributed by atoms with van der Waals surface area (Å²) in [5, 5.41) is 8.69. The van der Waals surface area contributed by atoms with Gasteiger partial charge in [0.05, 0.1) is 28.5 Å². The molecule has 0 atom stereocenters. The van der Waals surface area contributed by atoms with E-state index in [0.717, 1.165) is 30.2 Å². The second-order valence-corrected chi connectivity index (χ2v) is 7.49. The highest BCUT2D eigenvalue weighted by Crippen LogP contribution is 2.28. The number of aromatic nitrogens is 4. The SMILES string of the molecule is Cc1nnsc1C(=O)N1CCN(c2c(C)nn(-c3ccccc3)c2C)CC1. The molecule has 3 heterocycles. The van der Waals surface area contributed by atoms with Crippen molar-refractivity contribution in [3.63, 3.8) is 0 Å². The zero-order chi connectivity index (χ0) is 19.0. The van der Waals surface area contributed by atoms with Crippen LogP contribution in [0.2, 0.25) is 0 Å². The lowest BCUT2D eigenvalue weighted by atomic mass is 10.2. The van der Waals surface area contributed by atoms with Gasteiger partial charge in [0.15, 0.2) is 0 Å². The topological polar surface area (TPSA) is 67.2 Å². The number of para-hydroxylation sites is 1. The summed E-state index contributed by atoms with van der Waals surface area (Å²) in [6.07, 6.45) is 0. The second-order valence-electron chi connectivity index (χ2n) is 6.73. The molecule has 1 aliphatic rings. The van der Waals surface area contributed by atoms with Crippen molar-refractivity contribution in [2.75, 3.05) is 31.1 Å². The number of amides is 1. The molecule has 1 aliphatic heterocycles. The smallest absolute Gasteiger partial charge is 0.267 e. The van der Waals surface area contributed by atoms with Crippen LogP contribution >= 0.6 is 11.5 Å². The summed E-state index contributed by atoms with van der Waals surface area (Å²) < 4.78 is 5.87. The van der Waals surface area contributed by atoms with Gasteiger partial charge in [0.2, 0.25) is 0 Å². The van der Waals surface area contributed by atoms with E-state index >= 15 is 0 Å². The molecule has 0 unspecified atom stereocenters. The maximum atomic E-state index is 12.7. The Bertz CT molecular complexity index is 956. The predicted molar refractivity (Wildman–Crippen MR) is 106 cm³/mol. The molecule has 4 rings (SSSR count). The average Bonchev–Trinajstić information content (AvgIpc) is 3.25. The van der Waals surface area contributed by atoms with E-state index in [1.807, 2.05) is 41.6 Å². The third-order valence-electron chi connectivity index (χ3n) is 4.98. The molecule has 1 fully saturated rings. The number of rotatable bonds is 3. The second kappa shape index (κ2) is 7.11. The third-order valence-corrected chi connectivity index (χ3v) is 5.80. The average molecular weight is 382 g/mol. The van der Waals surface area contributed by atoms with Gasteiger partial charge in [0.1, 0.15) is 4.88 Å². The lowest BCUT2D eigenvalue weighted by molar-refractivity contribution is 0.0750. The molecule has 3 aromatic rings. The van der Waals surface area contributed by atoms with Gasteiger partial charge in [-0.25, -0.2) is 4.68 Å². The van der Waals surface area contributed by atoms with Crippen LogP contribution in [0.15, 0.2) is 30.3 Å². The van der Waals surface area contributed by atoms with Gasteiger partial charge in [-0.05, 0) is 44.4 Å². The predicted octanol–water partition coefficient (Wildman–Crippen LogP) is 2.61. The molecule has 0 radical (unpaired) electrons. The first-order valence-corrected chi connectivity index (χ1v) is 9.78. The van der Waals surface area contributed by atoms with Crippen LogP contribution in [0.25, 0.3) is 5.69 Å². The van der Waals surface area contributed by atoms with Crippen LogP contribution in [0.4, 0.5) is 5.69 Å². The van der Waals surface area contributed by atoms with E-state index in [9.17, 15) is 4.79 Å². The van der Waals surface area contributed by atoms with Crippen LogP contribution in [0, 0.1) is 20.8 Å². The minimum Gasteiger partial charge on any atom is -0.365 e. The molecule has 0 bridgehead atoms. The molecule has 2 aromatic heterocycles. The fourth-order valence-electron chi connectivity index (χ4n) is 3.62. The van der Waals surface area contributed by atoms with Crippen molar-refractivity contribution in [1.29, 1.82) is 0 Å². The maximum Gasteiger partial charge on any atom is 0.267 e. The summed E-state index contributed by atoms with van der Waals surface area (Å²) in [5.74, 6) is 0.0376. The summed E-state index contributed by atoms with van der Waals surface area (Å²) in [6, 6.07) is 10.2. The van der Waals surface area contributed by atoms with Crippen LogP contribution in [-0.4, -0.2) is 56.4 Å². The van der Waals surface area contributed by atoms with Gasteiger partial charge in [-0.1, -0.05) is 22.7 Å². The monoisotopic (exact) mass is 382 g/mol. The lowest BCUT2D eigenvalue weighted by Gasteiger charge is -2.36. The highest BCUT2D eigenvalue weighted by atomic mass is 32.1. The Kier molecular flexibility index (Phi) is 4.65. The van der Waals surface area contributed by atoms with Crippen molar-refractivity contribution in [3.05, 3.63) is 52.3 Å². The van der Waals surface area contributed by atoms with Crippen molar-refractivity contribution >= 4 is 23.1 Å². The molecule has 0 saturated carbocycles. The Morgan fingerprint density at radius 3 is 2.33 bits per heavy atom. The standard InChI is InChI=1S/C19H22N6OS/c1-13-17(15(3)25(21-13)16-7-5-4-6-8-16)23-9-11-24(12-10-23)19(26)18-14(2)20-22-27-18/h4-8H,9-12H2,1-3H3. The van der Waals surface area contributed by atoms with E-state index in [-0.39, 0.29) is 5.91 Å². The molecule has 140 valence electrons. The molecule has 8 heteroatoms. The number of carbonyl (C=O) groups excluding carboxylic acids is 1. The summed E-state index contributed by atoms with van der Waals surface area (Å²) in [5.41, 5.74) is 5.08. The minimum absolute atomic E-state index is 0.0376. The summed E-state index contributed by atoms with van der Waals surface area (Å²) in [6.45, 7) is 8.94. The Labute approximate surface area is 162 Å². The fourth-order valence-corrected chi connectivity index (χ4v) is 4.24. The van der Waals surface area contributed by atoms with E-state index in [1.54, 1.807) is 0 Å². The molecule has 7 nitrogen and oxygen atoms in total. The largest absolute Gasteiger partial charge is 0.365 e. The van der Waals surface area contributed by atoms with Gasteiger partial charge in [-0.2, -0.15) is 5.10 Å². The number of hydrogen-bond acceptors (Lipinski definition) is 6. The summed E-state index contributed by atoms with van der Waals surface area (Å²) >= 11 is 1.18. The number of nitrogens with zero attached hydrogens (tertiary/aromatic N) is 6. The number of piperazine rings is 1. The number of benzene rings is 1. The van der Waals surface area contributed by atoms with Crippen molar-refractivity contribution in [2.45, 2.75) is 20.8 Å². The van der Waals surface area contributed by atoms with E-state index in [4.69, 9.17) is 5.10 Å². The molecular formula is C19H22N6OS. The van der Waals surface area contributed by atoms with Gasteiger partial charge in [-0.15, -0.1) is 5.10 Å². The minimum atomic E-state index is 0.0376. The van der Waals surface area contributed by atoms with Crippen molar-refractivity contribution in [3.8, 4) is 5.69 Å². The van der Waals surface area contributed by atoms with Crippen LogP contribution in [0.1, 0.15) is 26.8 Å². The number of aryl methyl sites for hydroxylation is 2. The molecule has 0 N–H and O–H groups in total. The van der Waals surface area contributed by atoms with Crippen molar-refractivity contribution in [1.82, 2.24) is 24.3 Å². The first-order chi connectivity index (χ1) is 13.1. The van der Waals surface area contributed by atoms with Crippen molar-refractivity contribution < 1.29 is 4.79 Å². The van der Waals surface area contributed by atoms with Crippen LogP contribution in [-0.2, 0) is 0 Å². The Hall–Kier alpha value is -2.74. The third kappa shape index (κ3) is 3.21. The fraction of sp³-hybridized carbons (Fsp3) is 0.368. The molecule has 0 aliphatic carbocycles. The quantitative estimate of drug-likeness (QED) is 0.697. The Balaban J connectivity index is 1.51. The van der Waals surface area contributed by atoms with Gasteiger partial charge >= 0.3 is 0 Å². The van der Waals surface area contributed by atoms with E-state index < -0.39 is 0 Å². The van der Waals surface area contributed by atoms with Crippen LogP contribution in [0.5, 0.6) is 0 Å². The Morgan fingerprint density at radius 2 is 1.70 bits per heavy atom. The zero-order valence-electron chi connectivity index (χ0n) is 15.7. The van der Waals surface area contributed by atoms with Gasteiger partial charge < -0.3 is 9.80 Å². The van der Waals surface area contributed by atoms with Crippen molar-refractivity contribution in [2.24, 2.45) is 0 Å². The maximum absolute atomic E-state index is 12.7. The molecule has 1 aromatic carbocycles.